The van der Waals surface area contributed by atoms with Crippen molar-refractivity contribution in [3.63, 3.8) is 0 Å². The highest BCUT2D eigenvalue weighted by Crippen LogP contribution is 2.17. The second-order valence-corrected chi connectivity index (χ2v) is 6.57. The lowest BCUT2D eigenvalue weighted by atomic mass is 10.2. The lowest BCUT2D eigenvalue weighted by Crippen LogP contribution is -2.27. The Kier molecular flexibility index (Phi) is 5.35. The minimum absolute atomic E-state index is 0.0281. The van der Waals surface area contributed by atoms with Crippen molar-refractivity contribution in [2.75, 3.05) is 6.54 Å². The highest BCUT2D eigenvalue weighted by atomic mass is 35.5. The van der Waals surface area contributed by atoms with Gasteiger partial charge in [-0.2, -0.15) is 12.8 Å². The SMILES string of the molecule is C=CCN(/N=C(/Cl)c1ccccc1)S(=O)(=O)c1ccccc1. The third-order valence-electron chi connectivity index (χ3n) is 2.82. The molecule has 2 rings (SSSR count). The number of hydrogen-bond donors (Lipinski definition) is 0. The lowest BCUT2D eigenvalue weighted by Gasteiger charge is -2.18. The molecule has 4 nitrogen and oxygen atoms in total. The van der Waals surface area contributed by atoms with E-state index in [-0.39, 0.29) is 16.6 Å². The summed E-state index contributed by atoms with van der Waals surface area (Å²) >= 11 is 6.14. The highest BCUT2D eigenvalue weighted by Gasteiger charge is 2.22. The Morgan fingerprint density at radius 1 is 1.09 bits per heavy atom. The van der Waals surface area contributed by atoms with E-state index in [1.165, 1.54) is 18.2 Å². The van der Waals surface area contributed by atoms with Crippen molar-refractivity contribution in [3.05, 3.63) is 78.9 Å². The average Bonchev–Trinajstić information content (AvgIpc) is 2.56. The van der Waals surface area contributed by atoms with E-state index in [4.69, 9.17) is 11.6 Å². The number of halogens is 1. The summed E-state index contributed by atoms with van der Waals surface area (Å²) < 4.78 is 26.1. The van der Waals surface area contributed by atoms with E-state index in [9.17, 15) is 8.42 Å². The summed E-state index contributed by atoms with van der Waals surface area (Å²) in [6, 6.07) is 17.0. The van der Waals surface area contributed by atoms with Gasteiger partial charge in [-0.05, 0) is 12.1 Å². The van der Waals surface area contributed by atoms with Gasteiger partial charge in [-0.25, -0.2) is 0 Å². The summed E-state index contributed by atoms with van der Waals surface area (Å²) in [5.74, 6) is 0. The molecule has 114 valence electrons. The van der Waals surface area contributed by atoms with Crippen molar-refractivity contribution in [3.8, 4) is 0 Å². The van der Waals surface area contributed by atoms with Gasteiger partial charge in [0.1, 0.15) is 0 Å². The molecule has 0 aliphatic heterocycles. The van der Waals surface area contributed by atoms with Crippen molar-refractivity contribution in [2.45, 2.75) is 4.90 Å². The molecule has 0 saturated carbocycles. The largest absolute Gasteiger partial charge is 0.279 e. The molecular weight excluding hydrogens is 320 g/mol. The van der Waals surface area contributed by atoms with Crippen LogP contribution < -0.4 is 0 Å². The van der Waals surface area contributed by atoms with Gasteiger partial charge in [0.05, 0.1) is 11.4 Å². The van der Waals surface area contributed by atoms with Gasteiger partial charge in [-0.1, -0.05) is 66.2 Å². The Morgan fingerprint density at radius 3 is 2.18 bits per heavy atom. The Balaban J connectivity index is 2.41. The van der Waals surface area contributed by atoms with E-state index in [0.29, 0.717) is 5.56 Å². The molecule has 0 fully saturated rings. The minimum Gasteiger partial charge on any atom is -0.200 e. The number of hydrogen-bond acceptors (Lipinski definition) is 3. The second kappa shape index (κ2) is 7.24. The Bertz CT molecular complexity index is 759. The van der Waals surface area contributed by atoms with Crippen molar-refractivity contribution in [1.29, 1.82) is 0 Å². The fourth-order valence-corrected chi connectivity index (χ4v) is 3.25. The van der Waals surface area contributed by atoms with E-state index < -0.39 is 10.0 Å². The number of hydrazone groups is 1. The van der Waals surface area contributed by atoms with Crippen LogP contribution in [0.15, 0.2) is 83.3 Å². The molecule has 6 heteroatoms. The molecule has 0 heterocycles. The third-order valence-corrected chi connectivity index (χ3v) is 4.76. The number of sulfonamides is 1. The van der Waals surface area contributed by atoms with Gasteiger partial charge in [0.2, 0.25) is 0 Å². The highest BCUT2D eigenvalue weighted by molar-refractivity contribution is 7.89. The summed E-state index contributed by atoms with van der Waals surface area (Å²) in [6.07, 6.45) is 1.46. The summed E-state index contributed by atoms with van der Waals surface area (Å²) in [4.78, 5) is 0.151. The first-order chi connectivity index (χ1) is 10.6. The van der Waals surface area contributed by atoms with Crippen LogP contribution in [0.4, 0.5) is 0 Å². The normalized spacial score (nSPS) is 12.0. The van der Waals surface area contributed by atoms with E-state index in [0.717, 1.165) is 4.41 Å². The van der Waals surface area contributed by atoms with Crippen molar-refractivity contribution in [2.24, 2.45) is 5.10 Å². The summed E-state index contributed by atoms with van der Waals surface area (Å²) in [5, 5.41) is 4.14. The van der Waals surface area contributed by atoms with Gasteiger partial charge in [0.15, 0.2) is 5.17 Å². The van der Waals surface area contributed by atoms with Crippen LogP contribution in [0.1, 0.15) is 5.56 Å². The van der Waals surface area contributed by atoms with Crippen molar-refractivity contribution >= 4 is 26.8 Å². The van der Waals surface area contributed by atoms with Crippen LogP contribution in [0.2, 0.25) is 0 Å². The zero-order valence-electron chi connectivity index (χ0n) is 11.8. The molecule has 0 spiro atoms. The topological polar surface area (TPSA) is 49.7 Å². The zero-order chi connectivity index (χ0) is 16.0. The first kappa shape index (κ1) is 16.3. The molecule has 22 heavy (non-hydrogen) atoms. The van der Waals surface area contributed by atoms with E-state index in [1.807, 2.05) is 6.07 Å². The number of rotatable bonds is 6. The molecule has 0 aromatic heterocycles. The molecule has 0 bridgehead atoms. The maximum Gasteiger partial charge on any atom is 0.279 e. The van der Waals surface area contributed by atoms with Gasteiger partial charge >= 0.3 is 0 Å². The van der Waals surface area contributed by atoms with Crippen LogP contribution in [0.3, 0.4) is 0 Å². The van der Waals surface area contributed by atoms with Gasteiger partial charge in [0.25, 0.3) is 10.0 Å². The Hall–Kier alpha value is -2.11. The van der Waals surface area contributed by atoms with E-state index in [2.05, 4.69) is 11.7 Å². The first-order valence-electron chi connectivity index (χ1n) is 6.54. The molecule has 0 amide bonds. The fourth-order valence-electron chi connectivity index (χ4n) is 1.75. The summed E-state index contributed by atoms with van der Waals surface area (Å²) in [6.45, 7) is 3.60. The number of nitrogens with zero attached hydrogens (tertiary/aromatic N) is 2. The Morgan fingerprint density at radius 2 is 1.64 bits per heavy atom. The Labute approximate surface area is 135 Å². The predicted octanol–water partition coefficient (Wildman–Crippen LogP) is 3.46. The van der Waals surface area contributed by atoms with Crippen molar-refractivity contribution < 1.29 is 8.42 Å². The molecular formula is C16H15ClN2O2S. The van der Waals surface area contributed by atoms with E-state index in [1.54, 1.807) is 42.5 Å². The maximum absolute atomic E-state index is 12.6. The molecule has 0 N–H and O–H groups in total. The smallest absolute Gasteiger partial charge is 0.200 e. The van der Waals surface area contributed by atoms with Crippen LogP contribution in [0, 0.1) is 0 Å². The van der Waals surface area contributed by atoms with Crippen LogP contribution in [-0.2, 0) is 10.0 Å². The monoisotopic (exact) mass is 334 g/mol. The zero-order valence-corrected chi connectivity index (χ0v) is 13.3. The van der Waals surface area contributed by atoms with Crippen LogP contribution in [-0.4, -0.2) is 24.5 Å². The fraction of sp³-hybridized carbons (Fsp3) is 0.0625. The molecule has 2 aromatic carbocycles. The first-order valence-corrected chi connectivity index (χ1v) is 8.35. The standard InChI is InChI=1S/C16H15ClN2O2S/c1-2-13-19(18-16(17)14-9-5-3-6-10-14)22(20,21)15-11-7-4-8-12-15/h2-12H,1,13H2/b18-16+. The average molecular weight is 335 g/mol. The van der Waals surface area contributed by atoms with Gasteiger partial charge in [-0.3, -0.25) is 0 Å². The summed E-state index contributed by atoms with van der Waals surface area (Å²) in [7, 11) is -3.78. The second-order valence-electron chi connectivity index (χ2n) is 4.37. The lowest BCUT2D eigenvalue weighted by molar-refractivity contribution is 0.464. The molecule has 0 aliphatic carbocycles. The predicted molar refractivity (Wildman–Crippen MR) is 89.4 cm³/mol. The number of benzene rings is 2. The molecule has 0 atom stereocenters. The van der Waals surface area contributed by atoms with Crippen LogP contribution >= 0.6 is 11.6 Å². The third kappa shape index (κ3) is 3.75. The molecule has 0 radical (unpaired) electrons. The molecule has 0 aliphatic rings. The molecule has 2 aromatic rings. The van der Waals surface area contributed by atoms with Crippen LogP contribution in [0.25, 0.3) is 0 Å². The summed E-state index contributed by atoms with van der Waals surface area (Å²) in [5.41, 5.74) is 0.640. The van der Waals surface area contributed by atoms with E-state index >= 15 is 0 Å². The maximum atomic E-state index is 12.6. The van der Waals surface area contributed by atoms with Gasteiger partial charge < -0.3 is 0 Å². The molecule has 0 unspecified atom stereocenters. The quantitative estimate of drug-likeness (QED) is 0.461. The minimum atomic E-state index is -3.78. The van der Waals surface area contributed by atoms with Gasteiger partial charge in [-0.15, -0.1) is 11.7 Å². The van der Waals surface area contributed by atoms with Gasteiger partial charge in [0, 0.05) is 5.56 Å². The molecule has 0 saturated heterocycles. The van der Waals surface area contributed by atoms with Crippen LogP contribution in [0.5, 0.6) is 0 Å². The van der Waals surface area contributed by atoms with Crippen molar-refractivity contribution in [1.82, 2.24) is 4.41 Å².